The molecule has 1 atom stereocenters. The highest BCUT2D eigenvalue weighted by molar-refractivity contribution is 9.10. The molecule has 0 spiro atoms. The summed E-state index contributed by atoms with van der Waals surface area (Å²) in [6.45, 7) is 2.89. The fraction of sp³-hybridized carbons (Fsp3) is 0.250. The lowest BCUT2D eigenvalue weighted by Gasteiger charge is -2.16. The molecule has 1 aliphatic rings. The molecule has 0 unspecified atom stereocenters. The molecule has 1 N–H and O–H groups in total. The number of hydrogen-bond acceptors (Lipinski definition) is 4. The molecule has 0 aromatic heterocycles. The standard InChI is InChI=1S/C20H20BrN3O3/c1-2-27-18-9-3-14(4-10-18)12-22-23-20(26)15-11-19(25)24(13-15)17-7-5-16(21)6-8-17/h3-10,12,15H,2,11,13H2,1H3,(H,23,26)/t15-/m0/s1. The molecule has 2 aromatic carbocycles. The van der Waals surface area contributed by atoms with Crippen LogP contribution in [0.15, 0.2) is 58.1 Å². The third-order valence-electron chi connectivity index (χ3n) is 4.21. The maximum atomic E-state index is 12.3. The van der Waals surface area contributed by atoms with Gasteiger partial charge in [-0.1, -0.05) is 15.9 Å². The number of hydrazone groups is 1. The average Bonchev–Trinajstić information content (AvgIpc) is 3.06. The zero-order valence-corrected chi connectivity index (χ0v) is 16.5. The van der Waals surface area contributed by atoms with E-state index in [9.17, 15) is 9.59 Å². The number of nitrogens with zero attached hydrogens (tertiary/aromatic N) is 2. The van der Waals surface area contributed by atoms with Gasteiger partial charge in [0.2, 0.25) is 11.8 Å². The van der Waals surface area contributed by atoms with Crippen molar-refractivity contribution in [1.82, 2.24) is 5.43 Å². The van der Waals surface area contributed by atoms with Crippen LogP contribution in [-0.2, 0) is 9.59 Å². The van der Waals surface area contributed by atoms with E-state index in [0.29, 0.717) is 13.2 Å². The number of anilines is 1. The topological polar surface area (TPSA) is 71.0 Å². The molecule has 2 aromatic rings. The monoisotopic (exact) mass is 429 g/mol. The molecule has 27 heavy (non-hydrogen) atoms. The highest BCUT2D eigenvalue weighted by atomic mass is 79.9. The Morgan fingerprint density at radius 2 is 1.96 bits per heavy atom. The van der Waals surface area contributed by atoms with Crippen molar-refractivity contribution in [3.05, 3.63) is 58.6 Å². The van der Waals surface area contributed by atoms with Gasteiger partial charge in [0, 0.05) is 23.1 Å². The van der Waals surface area contributed by atoms with Crippen LogP contribution in [-0.4, -0.2) is 31.2 Å². The van der Waals surface area contributed by atoms with Crippen molar-refractivity contribution in [1.29, 1.82) is 0 Å². The Morgan fingerprint density at radius 1 is 1.26 bits per heavy atom. The predicted octanol–water partition coefficient (Wildman–Crippen LogP) is 3.35. The fourth-order valence-corrected chi connectivity index (χ4v) is 3.10. The van der Waals surface area contributed by atoms with Crippen molar-refractivity contribution in [2.45, 2.75) is 13.3 Å². The normalized spacial score (nSPS) is 16.7. The van der Waals surface area contributed by atoms with Gasteiger partial charge in [-0.2, -0.15) is 5.10 Å². The minimum absolute atomic E-state index is 0.0621. The summed E-state index contributed by atoms with van der Waals surface area (Å²) in [7, 11) is 0. The molecular formula is C20H20BrN3O3. The summed E-state index contributed by atoms with van der Waals surface area (Å²) in [6.07, 6.45) is 1.75. The van der Waals surface area contributed by atoms with E-state index in [0.717, 1.165) is 21.5 Å². The van der Waals surface area contributed by atoms with Gasteiger partial charge in [-0.05, 0) is 61.0 Å². The second-order valence-electron chi connectivity index (χ2n) is 6.12. The molecule has 3 rings (SSSR count). The Labute approximate surface area is 166 Å². The highest BCUT2D eigenvalue weighted by Gasteiger charge is 2.35. The smallest absolute Gasteiger partial charge is 0.245 e. The second-order valence-corrected chi connectivity index (χ2v) is 7.03. The first-order valence-electron chi connectivity index (χ1n) is 8.68. The average molecular weight is 430 g/mol. The Hall–Kier alpha value is -2.67. The number of carbonyl (C=O) groups excluding carboxylic acids is 2. The van der Waals surface area contributed by atoms with Crippen molar-refractivity contribution in [2.75, 3.05) is 18.1 Å². The number of carbonyl (C=O) groups is 2. The van der Waals surface area contributed by atoms with E-state index in [-0.39, 0.29) is 18.2 Å². The molecule has 0 saturated carbocycles. The van der Waals surface area contributed by atoms with Crippen molar-refractivity contribution in [3.8, 4) is 5.75 Å². The van der Waals surface area contributed by atoms with Crippen LogP contribution in [0, 0.1) is 5.92 Å². The minimum Gasteiger partial charge on any atom is -0.494 e. The summed E-state index contributed by atoms with van der Waals surface area (Å²) in [4.78, 5) is 26.2. The Kier molecular flexibility index (Phi) is 6.24. The Balaban J connectivity index is 1.55. The molecule has 7 heteroatoms. The summed E-state index contributed by atoms with van der Waals surface area (Å²) in [5.41, 5.74) is 4.16. The predicted molar refractivity (Wildman–Crippen MR) is 108 cm³/mol. The van der Waals surface area contributed by atoms with Crippen LogP contribution in [0.5, 0.6) is 5.75 Å². The SMILES string of the molecule is CCOc1ccc(C=NNC(=O)[C@H]2CC(=O)N(c3ccc(Br)cc3)C2)cc1. The van der Waals surface area contributed by atoms with Crippen molar-refractivity contribution in [3.63, 3.8) is 0 Å². The lowest BCUT2D eigenvalue weighted by Crippen LogP contribution is -2.30. The molecule has 1 heterocycles. The number of rotatable bonds is 6. The van der Waals surface area contributed by atoms with E-state index < -0.39 is 5.92 Å². The van der Waals surface area contributed by atoms with Crippen molar-refractivity contribution < 1.29 is 14.3 Å². The minimum atomic E-state index is -0.418. The van der Waals surface area contributed by atoms with Gasteiger partial charge in [-0.15, -0.1) is 0 Å². The largest absolute Gasteiger partial charge is 0.494 e. The van der Waals surface area contributed by atoms with Gasteiger partial charge in [-0.25, -0.2) is 5.43 Å². The third kappa shape index (κ3) is 4.95. The van der Waals surface area contributed by atoms with E-state index in [1.54, 1.807) is 11.1 Å². The first-order valence-corrected chi connectivity index (χ1v) is 9.48. The maximum absolute atomic E-state index is 12.3. The fourth-order valence-electron chi connectivity index (χ4n) is 2.83. The van der Waals surface area contributed by atoms with Crippen LogP contribution in [0.4, 0.5) is 5.69 Å². The lowest BCUT2D eigenvalue weighted by atomic mass is 10.1. The number of hydrogen-bond donors (Lipinski definition) is 1. The Morgan fingerprint density at radius 3 is 2.63 bits per heavy atom. The first-order chi connectivity index (χ1) is 13.1. The van der Waals surface area contributed by atoms with Gasteiger partial charge in [0.05, 0.1) is 18.7 Å². The van der Waals surface area contributed by atoms with Gasteiger partial charge >= 0.3 is 0 Å². The van der Waals surface area contributed by atoms with Crippen molar-refractivity contribution in [2.24, 2.45) is 11.0 Å². The van der Waals surface area contributed by atoms with Gasteiger partial charge < -0.3 is 9.64 Å². The number of nitrogens with one attached hydrogen (secondary N) is 1. The highest BCUT2D eigenvalue weighted by Crippen LogP contribution is 2.26. The van der Waals surface area contributed by atoms with Crippen LogP contribution >= 0.6 is 15.9 Å². The molecule has 0 aliphatic carbocycles. The van der Waals surface area contributed by atoms with E-state index >= 15 is 0 Å². The number of amides is 2. The summed E-state index contributed by atoms with van der Waals surface area (Å²) in [5, 5.41) is 3.99. The van der Waals surface area contributed by atoms with Crippen LogP contribution in [0.25, 0.3) is 0 Å². The third-order valence-corrected chi connectivity index (χ3v) is 4.74. The van der Waals surface area contributed by atoms with Gasteiger partial charge in [0.25, 0.3) is 0 Å². The maximum Gasteiger partial charge on any atom is 0.245 e. The van der Waals surface area contributed by atoms with E-state index in [1.165, 1.54) is 0 Å². The van der Waals surface area contributed by atoms with Gasteiger partial charge in [0.1, 0.15) is 5.75 Å². The molecule has 1 aliphatic heterocycles. The van der Waals surface area contributed by atoms with E-state index in [1.807, 2.05) is 55.5 Å². The molecule has 0 radical (unpaired) electrons. The Bertz CT molecular complexity index is 835. The van der Waals surface area contributed by atoms with Crippen molar-refractivity contribution >= 4 is 39.6 Å². The van der Waals surface area contributed by atoms with Crippen LogP contribution in [0.3, 0.4) is 0 Å². The van der Waals surface area contributed by atoms with Crippen LogP contribution in [0.2, 0.25) is 0 Å². The quantitative estimate of drug-likeness (QED) is 0.565. The zero-order valence-electron chi connectivity index (χ0n) is 14.9. The summed E-state index contributed by atoms with van der Waals surface area (Å²) in [5.74, 6) is 0.0490. The molecule has 6 nitrogen and oxygen atoms in total. The van der Waals surface area contributed by atoms with Crippen LogP contribution < -0.4 is 15.1 Å². The first kappa shape index (κ1) is 19.1. The molecule has 1 fully saturated rings. The number of halogens is 1. The van der Waals surface area contributed by atoms with E-state index in [4.69, 9.17) is 4.74 Å². The lowest BCUT2D eigenvalue weighted by molar-refractivity contribution is -0.126. The van der Waals surface area contributed by atoms with Gasteiger partial charge in [-0.3, -0.25) is 9.59 Å². The number of ether oxygens (including phenoxy) is 1. The van der Waals surface area contributed by atoms with Crippen LogP contribution in [0.1, 0.15) is 18.9 Å². The zero-order chi connectivity index (χ0) is 19.2. The van der Waals surface area contributed by atoms with E-state index in [2.05, 4.69) is 26.5 Å². The summed E-state index contributed by atoms with van der Waals surface area (Å²) >= 11 is 3.37. The summed E-state index contributed by atoms with van der Waals surface area (Å²) in [6, 6.07) is 14.9. The molecule has 2 amide bonds. The summed E-state index contributed by atoms with van der Waals surface area (Å²) < 4.78 is 6.32. The molecule has 140 valence electrons. The number of benzene rings is 2. The molecular weight excluding hydrogens is 410 g/mol. The second kappa shape index (κ2) is 8.81. The molecule has 0 bridgehead atoms. The molecule has 1 saturated heterocycles. The van der Waals surface area contributed by atoms with Gasteiger partial charge in [0.15, 0.2) is 0 Å².